The fourth-order valence-corrected chi connectivity index (χ4v) is 8.94. The molecule has 2 rings (SSSR count). The van der Waals surface area contributed by atoms with Gasteiger partial charge < -0.3 is 9.41 Å². The molecule has 1 atom stereocenters. The van der Waals surface area contributed by atoms with Crippen molar-refractivity contribution in [2.45, 2.75) is 84.5 Å². The minimum atomic E-state index is -1.64. The molecule has 0 aliphatic rings. The molecule has 0 spiro atoms. The van der Waals surface area contributed by atoms with Crippen molar-refractivity contribution < 1.29 is 4.43 Å². The summed E-state index contributed by atoms with van der Waals surface area (Å²) in [5.41, 5.74) is 4.02. The average molecular weight is 346 g/mol. The van der Waals surface area contributed by atoms with E-state index in [0.29, 0.717) is 0 Å². The molecule has 0 amide bonds. The van der Waals surface area contributed by atoms with E-state index in [-0.39, 0.29) is 6.10 Å². The molecule has 0 fully saturated rings. The molecule has 24 heavy (non-hydrogen) atoms. The normalized spacial score (nSPS) is 13.5. The third-order valence-corrected chi connectivity index (χ3v) is 10.3. The minimum absolute atomic E-state index is 0.183. The van der Waals surface area contributed by atoms with Gasteiger partial charge in [0.15, 0.2) is 8.32 Å². The standard InChI is InChI=1S/C21H35NOSi/c1-6-13-24(14-7-2,15-8-3)23-17(5)20-16-22-21-18(9-4)11-10-12-19(20)21/h10-12,16-17,22H,6-9,13-15H2,1-5H3. The van der Waals surface area contributed by atoms with Crippen molar-refractivity contribution >= 4 is 19.2 Å². The van der Waals surface area contributed by atoms with E-state index >= 15 is 0 Å². The summed E-state index contributed by atoms with van der Waals surface area (Å²) < 4.78 is 6.90. The van der Waals surface area contributed by atoms with Gasteiger partial charge in [0.05, 0.1) is 6.10 Å². The lowest BCUT2D eigenvalue weighted by atomic mass is 10.1. The molecule has 3 heteroatoms. The highest BCUT2D eigenvalue weighted by Gasteiger charge is 2.34. The topological polar surface area (TPSA) is 25.0 Å². The highest BCUT2D eigenvalue weighted by Crippen LogP contribution is 2.35. The van der Waals surface area contributed by atoms with Crippen LogP contribution in [0, 0.1) is 0 Å². The van der Waals surface area contributed by atoms with Gasteiger partial charge >= 0.3 is 0 Å². The van der Waals surface area contributed by atoms with E-state index in [9.17, 15) is 0 Å². The monoisotopic (exact) mass is 345 g/mol. The van der Waals surface area contributed by atoms with E-state index in [2.05, 4.69) is 64.0 Å². The molecular weight excluding hydrogens is 310 g/mol. The highest BCUT2D eigenvalue weighted by atomic mass is 28.4. The summed E-state index contributed by atoms with van der Waals surface area (Å²) >= 11 is 0. The molecule has 0 aliphatic carbocycles. The van der Waals surface area contributed by atoms with E-state index in [1.807, 2.05) is 0 Å². The second-order valence-electron chi connectivity index (χ2n) is 7.13. The van der Waals surface area contributed by atoms with Gasteiger partial charge in [-0.1, -0.05) is 65.2 Å². The first-order valence-corrected chi connectivity index (χ1v) is 12.4. The van der Waals surface area contributed by atoms with Crippen LogP contribution >= 0.6 is 0 Å². The molecular formula is C21H35NOSi. The minimum Gasteiger partial charge on any atom is -0.410 e. The Morgan fingerprint density at radius 1 is 1.00 bits per heavy atom. The first kappa shape index (κ1) is 19.3. The summed E-state index contributed by atoms with van der Waals surface area (Å²) in [4.78, 5) is 3.51. The average Bonchev–Trinajstić information content (AvgIpc) is 2.99. The van der Waals surface area contributed by atoms with Crippen LogP contribution in [0.3, 0.4) is 0 Å². The molecule has 0 radical (unpaired) electrons. The van der Waals surface area contributed by atoms with E-state index in [4.69, 9.17) is 4.43 Å². The Balaban J connectivity index is 2.31. The number of fused-ring (bicyclic) bond motifs is 1. The van der Waals surface area contributed by atoms with Crippen LogP contribution in [0.1, 0.15) is 71.1 Å². The Morgan fingerprint density at radius 3 is 2.17 bits per heavy atom. The number of nitrogens with one attached hydrogen (secondary N) is 1. The number of hydrogen-bond donors (Lipinski definition) is 1. The second kappa shape index (κ2) is 8.86. The van der Waals surface area contributed by atoms with Crippen molar-refractivity contribution in [3.8, 4) is 0 Å². The lowest BCUT2D eigenvalue weighted by molar-refractivity contribution is 0.209. The molecule has 0 bridgehead atoms. The van der Waals surface area contributed by atoms with Crippen LogP contribution in [0.15, 0.2) is 24.4 Å². The van der Waals surface area contributed by atoms with Gasteiger partial charge in [-0.05, 0) is 37.0 Å². The van der Waals surface area contributed by atoms with Crippen LogP contribution in [0.5, 0.6) is 0 Å². The van der Waals surface area contributed by atoms with Gasteiger partial charge in [-0.15, -0.1) is 0 Å². The number of rotatable bonds is 10. The molecule has 0 saturated heterocycles. The summed E-state index contributed by atoms with van der Waals surface area (Å²) in [5, 5.41) is 1.34. The van der Waals surface area contributed by atoms with Crippen LogP contribution in [0.25, 0.3) is 10.9 Å². The molecule has 2 nitrogen and oxygen atoms in total. The van der Waals surface area contributed by atoms with Gasteiger partial charge in [-0.25, -0.2) is 0 Å². The first-order chi connectivity index (χ1) is 11.6. The third-order valence-electron chi connectivity index (χ3n) is 5.20. The SMILES string of the molecule is CCC[Si](CCC)(CCC)OC(C)c1c[nH]c2c(CC)cccc12. The summed E-state index contributed by atoms with van der Waals surface area (Å²) in [5.74, 6) is 0. The largest absolute Gasteiger partial charge is 0.410 e. The van der Waals surface area contributed by atoms with Crippen molar-refractivity contribution in [2.75, 3.05) is 0 Å². The number of para-hydroxylation sites is 1. The maximum atomic E-state index is 6.90. The van der Waals surface area contributed by atoms with Gasteiger partial charge in [-0.3, -0.25) is 0 Å². The molecule has 134 valence electrons. The van der Waals surface area contributed by atoms with E-state index < -0.39 is 8.32 Å². The molecule has 1 aromatic heterocycles. The Morgan fingerprint density at radius 2 is 1.62 bits per heavy atom. The maximum absolute atomic E-state index is 6.90. The Labute approximate surface area is 149 Å². The number of aryl methyl sites for hydroxylation is 1. The summed E-state index contributed by atoms with van der Waals surface area (Å²) in [6.45, 7) is 11.4. The van der Waals surface area contributed by atoms with E-state index in [1.54, 1.807) is 0 Å². The van der Waals surface area contributed by atoms with Crippen molar-refractivity contribution in [1.82, 2.24) is 4.98 Å². The van der Waals surface area contributed by atoms with E-state index in [1.165, 1.54) is 59.4 Å². The zero-order valence-corrected chi connectivity index (χ0v) is 17.2. The van der Waals surface area contributed by atoms with Gasteiger partial charge in [0.2, 0.25) is 0 Å². The molecule has 1 aromatic carbocycles. The smallest absolute Gasteiger partial charge is 0.193 e. The van der Waals surface area contributed by atoms with Gasteiger partial charge in [0, 0.05) is 22.7 Å². The number of benzene rings is 1. The van der Waals surface area contributed by atoms with Crippen LogP contribution in [-0.4, -0.2) is 13.3 Å². The Hall–Kier alpha value is -1.06. The summed E-state index contributed by atoms with van der Waals surface area (Å²) in [6.07, 6.45) is 7.15. The Kier molecular flexibility index (Phi) is 7.11. The van der Waals surface area contributed by atoms with E-state index in [0.717, 1.165) is 6.42 Å². The van der Waals surface area contributed by atoms with Crippen LogP contribution in [0.4, 0.5) is 0 Å². The van der Waals surface area contributed by atoms with Crippen molar-refractivity contribution in [1.29, 1.82) is 0 Å². The third kappa shape index (κ3) is 4.12. The quantitative estimate of drug-likeness (QED) is 0.461. The molecule has 0 aliphatic heterocycles. The van der Waals surface area contributed by atoms with Gasteiger partial charge in [0.25, 0.3) is 0 Å². The lowest BCUT2D eigenvalue weighted by Gasteiger charge is -2.34. The second-order valence-corrected chi connectivity index (χ2v) is 11.2. The van der Waals surface area contributed by atoms with Crippen LogP contribution in [0.2, 0.25) is 18.1 Å². The predicted octanol–water partition coefficient (Wildman–Crippen LogP) is 6.98. The van der Waals surface area contributed by atoms with Gasteiger partial charge in [-0.2, -0.15) is 0 Å². The van der Waals surface area contributed by atoms with Crippen LogP contribution < -0.4 is 0 Å². The first-order valence-electron chi connectivity index (χ1n) is 9.87. The van der Waals surface area contributed by atoms with Crippen LogP contribution in [-0.2, 0) is 10.8 Å². The molecule has 1 heterocycles. The number of H-pyrrole nitrogens is 1. The lowest BCUT2D eigenvalue weighted by Crippen LogP contribution is -2.38. The predicted molar refractivity (Wildman–Crippen MR) is 108 cm³/mol. The molecule has 1 N–H and O–H groups in total. The molecule has 0 saturated carbocycles. The highest BCUT2D eigenvalue weighted by molar-refractivity contribution is 6.73. The number of aromatic nitrogens is 1. The molecule has 2 aromatic rings. The fraction of sp³-hybridized carbons (Fsp3) is 0.619. The number of hydrogen-bond acceptors (Lipinski definition) is 1. The van der Waals surface area contributed by atoms with Crippen molar-refractivity contribution in [3.05, 3.63) is 35.5 Å². The summed E-state index contributed by atoms with van der Waals surface area (Å²) in [7, 11) is -1.64. The molecule has 1 unspecified atom stereocenters. The number of aromatic amines is 1. The zero-order chi connectivity index (χ0) is 17.6. The Bertz CT molecular complexity index is 617. The van der Waals surface area contributed by atoms with Crippen molar-refractivity contribution in [3.63, 3.8) is 0 Å². The van der Waals surface area contributed by atoms with Gasteiger partial charge in [0.1, 0.15) is 0 Å². The fourth-order valence-electron chi connectivity index (χ4n) is 4.23. The zero-order valence-electron chi connectivity index (χ0n) is 16.2. The maximum Gasteiger partial charge on any atom is 0.193 e. The van der Waals surface area contributed by atoms with Crippen molar-refractivity contribution in [2.24, 2.45) is 0 Å². The summed E-state index contributed by atoms with van der Waals surface area (Å²) in [6, 6.07) is 10.5.